The van der Waals surface area contributed by atoms with E-state index in [1.165, 1.54) is 0 Å². The molecule has 1 aliphatic rings. The summed E-state index contributed by atoms with van der Waals surface area (Å²) in [6.45, 7) is 3.11. The van der Waals surface area contributed by atoms with E-state index in [1.807, 2.05) is 0 Å². The fourth-order valence-corrected chi connectivity index (χ4v) is 5.45. The van der Waals surface area contributed by atoms with Gasteiger partial charge in [0, 0.05) is 12.8 Å². The van der Waals surface area contributed by atoms with Crippen LogP contribution in [0.3, 0.4) is 0 Å². The molecule has 0 radical (unpaired) electrons. The van der Waals surface area contributed by atoms with Crippen LogP contribution in [0.2, 0.25) is 0 Å². The summed E-state index contributed by atoms with van der Waals surface area (Å²) in [6.07, 6.45) is 33.4. The van der Waals surface area contributed by atoms with E-state index in [2.05, 4.69) is 86.8 Å². The number of ether oxygens (including phenoxy) is 4. The molecule has 6 unspecified atom stereocenters. The maximum Gasteiger partial charge on any atom is 0.306 e. The van der Waals surface area contributed by atoms with Crippen LogP contribution in [-0.4, -0.2) is 89.0 Å². The molecule has 53 heavy (non-hydrogen) atoms. The van der Waals surface area contributed by atoms with Gasteiger partial charge in [0.05, 0.1) is 13.2 Å². The summed E-state index contributed by atoms with van der Waals surface area (Å²) < 4.78 is 22.0. The Morgan fingerprint density at radius 3 is 1.60 bits per heavy atom. The Balaban J connectivity index is 2.42. The summed E-state index contributed by atoms with van der Waals surface area (Å²) in [5, 5.41) is 39.9. The molecule has 1 heterocycles. The number of unbranched alkanes of at least 4 members (excludes halogenated alkanes) is 8. The lowest BCUT2D eigenvalue weighted by molar-refractivity contribution is -0.305. The quantitative estimate of drug-likeness (QED) is 0.0316. The lowest BCUT2D eigenvalue weighted by Gasteiger charge is -2.39. The van der Waals surface area contributed by atoms with E-state index < -0.39 is 55.4 Å². The molecule has 0 amide bonds. The third-order valence-electron chi connectivity index (χ3n) is 8.59. The van der Waals surface area contributed by atoms with Gasteiger partial charge in [-0.1, -0.05) is 112 Å². The van der Waals surface area contributed by atoms with Gasteiger partial charge in [-0.15, -0.1) is 0 Å². The van der Waals surface area contributed by atoms with Gasteiger partial charge in [-0.3, -0.25) is 9.59 Å². The first-order chi connectivity index (χ1) is 25.8. The SMILES string of the molecule is CC/C=C\C/C=C\C/C=C\CCCCCCCC(=O)OCC(COC1OC(CO)C(O)C(O)C1O)OC(=O)CCCCC/C=C\C/C=C\C/C=C\CC. The summed E-state index contributed by atoms with van der Waals surface area (Å²) in [6, 6.07) is 0. The third-order valence-corrected chi connectivity index (χ3v) is 8.59. The van der Waals surface area contributed by atoms with Gasteiger partial charge in [0.15, 0.2) is 12.4 Å². The van der Waals surface area contributed by atoms with Crippen LogP contribution in [0.4, 0.5) is 0 Å². The summed E-state index contributed by atoms with van der Waals surface area (Å²) >= 11 is 0. The minimum absolute atomic E-state index is 0.187. The van der Waals surface area contributed by atoms with Gasteiger partial charge in [-0.05, 0) is 77.0 Å². The van der Waals surface area contributed by atoms with E-state index in [-0.39, 0.29) is 26.1 Å². The van der Waals surface area contributed by atoms with Crippen LogP contribution in [0.25, 0.3) is 0 Å². The molecule has 1 saturated heterocycles. The number of rotatable bonds is 31. The van der Waals surface area contributed by atoms with Crippen LogP contribution >= 0.6 is 0 Å². The number of esters is 2. The Kier molecular flexibility index (Phi) is 30.6. The van der Waals surface area contributed by atoms with Crippen molar-refractivity contribution in [1.82, 2.24) is 0 Å². The molecule has 302 valence electrons. The van der Waals surface area contributed by atoms with Crippen LogP contribution in [0.5, 0.6) is 0 Å². The standard InChI is InChI=1S/C43H70O10/c1-3-5-7-9-11-13-15-17-18-20-21-23-25-27-29-31-38(45)50-34-36(35-51-43-42(49)41(48)40(47)37(33-44)53-43)52-39(46)32-30-28-26-24-22-19-16-14-12-10-8-6-4-2/h5-8,11-14,17-19,22,36-37,40-44,47-49H,3-4,9-10,15-16,20-21,23-35H2,1-2H3/b7-5-,8-6-,13-11-,14-12-,18-17-,22-19-. The van der Waals surface area contributed by atoms with E-state index in [0.29, 0.717) is 12.8 Å². The van der Waals surface area contributed by atoms with Crippen LogP contribution in [-0.2, 0) is 28.5 Å². The Labute approximate surface area is 319 Å². The van der Waals surface area contributed by atoms with Crippen molar-refractivity contribution in [3.05, 3.63) is 72.9 Å². The molecule has 0 aromatic heterocycles. The van der Waals surface area contributed by atoms with Crippen LogP contribution in [0.15, 0.2) is 72.9 Å². The van der Waals surface area contributed by atoms with Crippen molar-refractivity contribution >= 4 is 11.9 Å². The fourth-order valence-electron chi connectivity index (χ4n) is 5.45. The summed E-state index contributed by atoms with van der Waals surface area (Å²) in [4.78, 5) is 25.2. The van der Waals surface area contributed by atoms with E-state index in [9.17, 15) is 30.0 Å². The highest BCUT2D eigenvalue weighted by atomic mass is 16.7. The second kappa shape index (κ2) is 33.7. The van der Waals surface area contributed by atoms with Crippen molar-refractivity contribution in [3.63, 3.8) is 0 Å². The maximum atomic E-state index is 12.7. The number of aliphatic hydroxyl groups excluding tert-OH is 4. The lowest BCUT2D eigenvalue weighted by Crippen LogP contribution is -2.59. The first kappa shape index (κ1) is 48.2. The van der Waals surface area contributed by atoms with Crippen molar-refractivity contribution in [1.29, 1.82) is 0 Å². The van der Waals surface area contributed by atoms with Crippen molar-refractivity contribution in [2.24, 2.45) is 0 Å². The maximum absolute atomic E-state index is 12.7. The molecule has 1 aliphatic heterocycles. The molecule has 4 N–H and O–H groups in total. The lowest BCUT2D eigenvalue weighted by atomic mass is 9.99. The van der Waals surface area contributed by atoms with Crippen molar-refractivity contribution in [3.8, 4) is 0 Å². The van der Waals surface area contributed by atoms with Crippen LogP contribution in [0, 0.1) is 0 Å². The normalized spacial score (nSPS) is 21.7. The average Bonchev–Trinajstić information content (AvgIpc) is 3.15. The molecule has 0 aromatic rings. The molecule has 0 bridgehead atoms. The highest BCUT2D eigenvalue weighted by molar-refractivity contribution is 5.70. The Bertz CT molecular complexity index is 1090. The molecule has 1 fully saturated rings. The summed E-state index contributed by atoms with van der Waals surface area (Å²) in [7, 11) is 0. The van der Waals surface area contributed by atoms with E-state index in [4.69, 9.17) is 18.9 Å². The van der Waals surface area contributed by atoms with E-state index in [0.717, 1.165) is 89.9 Å². The zero-order valence-corrected chi connectivity index (χ0v) is 32.5. The van der Waals surface area contributed by atoms with Gasteiger partial charge in [-0.25, -0.2) is 0 Å². The second-order valence-electron chi connectivity index (χ2n) is 13.3. The number of aliphatic hydroxyl groups is 4. The highest BCUT2D eigenvalue weighted by Gasteiger charge is 2.44. The molecule has 0 saturated carbocycles. The first-order valence-corrected chi connectivity index (χ1v) is 20.0. The molecule has 10 nitrogen and oxygen atoms in total. The predicted molar refractivity (Wildman–Crippen MR) is 210 cm³/mol. The third kappa shape index (κ3) is 25.7. The van der Waals surface area contributed by atoms with Gasteiger partial charge >= 0.3 is 11.9 Å². The average molecular weight is 747 g/mol. The zero-order chi connectivity index (χ0) is 38.8. The monoisotopic (exact) mass is 746 g/mol. The predicted octanol–water partition coefficient (Wildman–Crippen LogP) is 7.66. The Morgan fingerprint density at radius 1 is 0.585 bits per heavy atom. The molecule has 0 aliphatic carbocycles. The number of hydrogen-bond donors (Lipinski definition) is 4. The number of carbonyl (C=O) groups excluding carboxylic acids is 2. The molecule has 1 rings (SSSR count). The van der Waals surface area contributed by atoms with Gasteiger partial charge in [0.2, 0.25) is 0 Å². The van der Waals surface area contributed by atoms with Gasteiger partial charge < -0.3 is 39.4 Å². The van der Waals surface area contributed by atoms with Crippen molar-refractivity contribution < 1.29 is 49.0 Å². The number of hydrogen-bond acceptors (Lipinski definition) is 10. The highest BCUT2D eigenvalue weighted by Crippen LogP contribution is 2.22. The fraction of sp³-hybridized carbons (Fsp3) is 0.674. The smallest absolute Gasteiger partial charge is 0.306 e. The van der Waals surface area contributed by atoms with Gasteiger partial charge in [0.1, 0.15) is 31.0 Å². The molecular formula is C43H70O10. The molecule has 0 aromatic carbocycles. The van der Waals surface area contributed by atoms with Crippen LogP contribution in [0.1, 0.15) is 129 Å². The summed E-state index contributed by atoms with van der Waals surface area (Å²) in [5.41, 5.74) is 0. The Morgan fingerprint density at radius 2 is 1.06 bits per heavy atom. The number of carbonyl (C=O) groups is 2. The number of allylic oxidation sites excluding steroid dienone is 12. The molecular weight excluding hydrogens is 676 g/mol. The van der Waals surface area contributed by atoms with Crippen molar-refractivity contribution in [2.75, 3.05) is 19.8 Å². The Hall–Kier alpha value is -2.86. The van der Waals surface area contributed by atoms with Crippen molar-refractivity contribution in [2.45, 2.75) is 166 Å². The minimum atomic E-state index is -1.61. The minimum Gasteiger partial charge on any atom is -0.462 e. The molecule has 6 atom stereocenters. The van der Waals surface area contributed by atoms with E-state index >= 15 is 0 Å². The molecule has 10 heteroatoms. The van der Waals surface area contributed by atoms with Gasteiger partial charge in [-0.2, -0.15) is 0 Å². The zero-order valence-electron chi connectivity index (χ0n) is 32.5. The second-order valence-corrected chi connectivity index (χ2v) is 13.3. The molecule has 0 spiro atoms. The largest absolute Gasteiger partial charge is 0.462 e. The first-order valence-electron chi connectivity index (χ1n) is 20.0. The van der Waals surface area contributed by atoms with E-state index in [1.54, 1.807) is 0 Å². The topological polar surface area (TPSA) is 152 Å². The van der Waals surface area contributed by atoms with Gasteiger partial charge in [0.25, 0.3) is 0 Å². The summed E-state index contributed by atoms with van der Waals surface area (Å²) in [5.74, 6) is -0.871. The van der Waals surface area contributed by atoms with Crippen LogP contribution < -0.4 is 0 Å².